The van der Waals surface area contributed by atoms with Crippen LogP contribution in [0, 0.1) is 0 Å². The summed E-state index contributed by atoms with van der Waals surface area (Å²) in [6, 6.07) is 7.80. The number of amides is 1. The molecule has 1 aromatic carbocycles. The summed E-state index contributed by atoms with van der Waals surface area (Å²) >= 11 is 0. The molecule has 0 aliphatic rings. The Hall–Kier alpha value is -1.59. The van der Waals surface area contributed by atoms with Crippen LogP contribution in [0.25, 0.3) is 0 Å². The van der Waals surface area contributed by atoms with E-state index in [1.807, 2.05) is 43.3 Å². The zero-order valence-electron chi connectivity index (χ0n) is 12.4. The molecule has 1 amide bonds. The van der Waals surface area contributed by atoms with Crippen LogP contribution in [-0.4, -0.2) is 51.5 Å². The molecule has 0 saturated heterocycles. The molecule has 1 aromatic rings. The zero-order chi connectivity index (χ0) is 15.0. The van der Waals surface area contributed by atoms with Gasteiger partial charge in [0.1, 0.15) is 0 Å². The minimum Gasteiger partial charge on any atom is -0.394 e. The highest BCUT2D eigenvalue weighted by molar-refractivity contribution is 5.76. The number of ether oxygens (including phenoxy) is 1. The Bertz CT molecular complexity index is 404. The Morgan fingerprint density at radius 3 is 2.50 bits per heavy atom. The Kier molecular flexibility index (Phi) is 7.04. The molecule has 0 aliphatic carbocycles. The van der Waals surface area contributed by atoms with Crippen LogP contribution in [0.3, 0.4) is 0 Å². The fourth-order valence-corrected chi connectivity index (χ4v) is 1.86. The van der Waals surface area contributed by atoms with Crippen molar-refractivity contribution in [2.24, 2.45) is 0 Å². The quantitative estimate of drug-likeness (QED) is 0.740. The molecule has 112 valence electrons. The van der Waals surface area contributed by atoms with E-state index in [0.717, 1.165) is 11.3 Å². The summed E-state index contributed by atoms with van der Waals surface area (Å²) in [7, 11) is 5.53. The third kappa shape index (κ3) is 5.59. The van der Waals surface area contributed by atoms with Crippen LogP contribution in [0.5, 0.6) is 0 Å². The molecule has 0 fully saturated rings. The van der Waals surface area contributed by atoms with Gasteiger partial charge in [-0.05, 0) is 24.1 Å². The maximum Gasteiger partial charge on any atom is 0.220 e. The van der Waals surface area contributed by atoms with E-state index in [0.29, 0.717) is 19.4 Å². The first kappa shape index (κ1) is 16.5. The van der Waals surface area contributed by atoms with Crippen molar-refractivity contribution in [3.8, 4) is 0 Å². The second kappa shape index (κ2) is 8.55. The first-order valence-corrected chi connectivity index (χ1v) is 6.72. The molecule has 0 aromatic heterocycles. The summed E-state index contributed by atoms with van der Waals surface area (Å²) in [5, 5.41) is 11.8. The first-order chi connectivity index (χ1) is 9.56. The van der Waals surface area contributed by atoms with Gasteiger partial charge in [-0.15, -0.1) is 0 Å². The average molecular weight is 280 g/mol. The van der Waals surface area contributed by atoms with Crippen molar-refractivity contribution in [3.05, 3.63) is 29.8 Å². The highest BCUT2D eigenvalue weighted by atomic mass is 16.5. The highest BCUT2D eigenvalue weighted by Crippen LogP contribution is 2.13. The monoisotopic (exact) mass is 280 g/mol. The molecular weight excluding hydrogens is 256 g/mol. The maximum atomic E-state index is 11.7. The van der Waals surface area contributed by atoms with Crippen LogP contribution < -0.4 is 10.2 Å². The predicted molar refractivity (Wildman–Crippen MR) is 80.0 cm³/mol. The molecular formula is C15H24N2O3. The predicted octanol–water partition coefficient (Wildman–Crippen LogP) is 0.809. The van der Waals surface area contributed by atoms with Crippen molar-refractivity contribution >= 4 is 11.6 Å². The van der Waals surface area contributed by atoms with E-state index in [1.54, 1.807) is 7.11 Å². The van der Waals surface area contributed by atoms with Gasteiger partial charge in [0.15, 0.2) is 0 Å². The summed E-state index contributed by atoms with van der Waals surface area (Å²) in [4.78, 5) is 13.8. The Balaban J connectivity index is 2.40. The van der Waals surface area contributed by atoms with Crippen molar-refractivity contribution in [2.75, 3.05) is 39.3 Å². The average Bonchev–Trinajstić information content (AvgIpc) is 2.45. The number of aryl methyl sites for hydroxylation is 1. The molecule has 1 atom stereocenters. The van der Waals surface area contributed by atoms with Crippen molar-refractivity contribution in [1.82, 2.24) is 5.32 Å². The number of aliphatic hydroxyl groups is 1. The molecule has 0 spiro atoms. The van der Waals surface area contributed by atoms with Gasteiger partial charge in [-0.1, -0.05) is 12.1 Å². The number of nitrogens with one attached hydrogen (secondary N) is 1. The Morgan fingerprint density at radius 2 is 2.00 bits per heavy atom. The molecule has 0 radical (unpaired) electrons. The minimum atomic E-state index is -0.330. The van der Waals surface area contributed by atoms with Crippen molar-refractivity contribution in [3.63, 3.8) is 0 Å². The van der Waals surface area contributed by atoms with E-state index in [1.165, 1.54) is 0 Å². The number of carbonyl (C=O) groups excluding carboxylic acids is 1. The van der Waals surface area contributed by atoms with E-state index < -0.39 is 0 Å². The van der Waals surface area contributed by atoms with Gasteiger partial charge in [0, 0.05) is 33.3 Å². The fourth-order valence-electron chi connectivity index (χ4n) is 1.86. The number of methoxy groups -OCH3 is 1. The standard InChI is InChI=1S/C15H24N2O3/c1-17(2)14-7-4-12(5-8-14)6-9-15(19)16-13(10-18)11-20-3/h4-5,7-8,13,18H,6,9-11H2,1-3H3,(H,16,19)/t13-/m1/s1. The molecule has 0 bridgehead atoms. The molecule has 5 nitrogen and oxygen atoms in total. The smallest absolute Gasteiger partial charge is 0.220 e. The second-order valence-corrected chi connectivity index (χ2v) is 4.96. The van der Waals surface area contributed by atoms with Gasteiger partial charge in [0.2, 0.25) is 5.91 Å². The van der Waals surface area contributed by atoms with Gasteiger partial charge in [-0.25, -0.2) is 0 Å². The topological polar surface area (TPSA) is 61.8 Å². The van der Waals surface area contributed by atoms with Crippen molar-refractivity contribution in [2.45, 2.75) is 18.9 Å². The lowest BCUT2D eigenvalue weighted by Crippen LogP contribution is -2.40. The Labute approximate surface area is 120 Å². The summed E-state index contributed by atoms with van der Waals surface area (Å²) < 4.78 is 4.91. The lowest BCUT2D eigenvalue weighted by molar-refractivity contribution is -0.122. The van der Waals surface area contributed by atoms with Gasteiger partial charge in [-0.2, -0.15) is 0 Å². The van der Waals surface area contributed by atoms with E-state index in [-0.39, 0.29) is 18.6 Å². The number of anilines is 1. The third-order valence-electron chi connectivity index (χ3n) is 3.05. The third-order valence-corrected chi connectivity index (χ3v) is 3.05. The summed E-state index contributed by atoms with van der Waals surface area (Å²) in [6.07, 6.45) is 1.09. The van der Waals surface area contributed by atoms with Crippen LogP contribution in [0.4, 0.5) is 5.69 Å². The number of rotatable bonds is 8. The van der Waals surface area contributed by atoms with Crippen LogP contribution in [0.2, 0.25) is 0 Å². The van der Waals surface area contributed by atoms with Crippen molar-refractivity contribution in [1.29, 1.82) is 0 Å². The summed E-state index contributed by atoms with van der Waals surface area (Å²) in [6.45, 7) is 0.205. The van der Waals surface area contributed by atoms with Gasteiger partial charge in [0.05, 0.1) is 19.3 Å². The van der Waals surface area contributed by atoms with E-state index >= 15 is 0 Å². The second-order valence-electron chi connectivity index (χ2n) is 4.96. The largest absolute Gasteiger partial charge is 0.394 e. The number of hydrogen-bond acceptors (Lipinski definition) is 4. The highest BCUT2D eigenvalue weighted by Gasteiger charge is 2.10. The maximum absolute atomic E-state index is 11.7. The normalized spacial score (nSPS) is 12.0. The molecule has 5 heteroatoms. The van der Waals surface area contributed by atoms with Crippen LogP contribution in [0.15, 0.2) is 24.3 Å². The SMILES string of the molecule is COC[C@@H](CO)NC(=O)CCc1ccc(N(C)C)cc1. The van der Waals surface area contributed by atoms with Gasteiger partial charge < -0.3 is 20.1 Å². The van der Waals surface area contributed by atoms with Gasteiger partial charge in [0.25, 0.3) is 0 Å². The van der Waals surface area contributed by atoms with E-state index in [4.69, 9.17) is 9.84 Å². The molecule has 20 heavy (non-hydrogen) atoms. The molecule has 1 rings (SSSR count). The number of carbonyl (C=O) groups is 1. The van der Waals surface area contributed by atoms with Gasteiger partial charge in [-0.3, -0.25) is 4.79 Å². The number of hydrogen-bond donors (Lipinski definition) is 2. The van der Waals surface area contributed by atoms with Crippen molar-refractivity contribution < 1.29 is 14.6 Å². The zero-order valence-corrected chi connectivity index (χ0v) is 12.4. The Morgan fingerprint density at radius 1 is 1.35 bits per heavy atom. The van der Waals surface area contributed by atoms with Crippen LogP contribution in [0.1, 0.15) is 12.0 Å². The summed E-state index contributed by atoms with van der Waals surface area (Å²) in [5.74, 6) is -0.0715. The van der Waals surface area contributed by atoms with E-state index in [2.05, 4.69) is 5.32 Å². The van der Waals surface area contributed by atoms with Crippen LogP contribution in [-0.2, 0) is 16.0 Å². The lowest BCUT2D eigenvalue weighted by Gasteiger charge is -2.15. The molecule has 2 N–H and O–H groups in total. The molecule has 0 aliphatic heterocycles. The lowest BCUT2D eigenvalue weighted by atomic mass is 10.1. The molecule has 0 heterocycles. The first-order valence-electron chi connectivity index (χ1n) is 6.72. The number of nitrogens with zero attached hydrogens (tertiary/aromatic N) is 1. The van der Waals surface area contributed by atoms with Crippen LogP contribution >= 0.6 is 0 Å². The minimum absolute atomic E-state index is 0.0715. The molecule has 0 unspecified atom stereocenters. The van der Waals surface area contributed by atoms with Gasteiger partial charge >= 0.3 is 0 Å². The van der Waals surface area contributed by atoms with E-state index in [9.17, 15) is 4.79 Å². The number of benzene rings is 1. The summed E-state index contributed by atoms with van der Waals surface area (Å²) in [5.41, 5.74) is 2.26. The fraction of sp³-hybridized carbons (Fsp3) is 0.533. The molecule has 0 saturated carbocycles. The number of aliphatic hydroxyl groups excluding tert-OH is 1.